The van der Waals surface area contributed by atoms with Crippen molar-refractivity contribution in [2.45, 2.75) is 69.1 Å². The number of carboxylic acids is 2. The predicted octanol–water partition coefficient (Wildman–Crippen LogP) is -0.257. The van der Waals surface area contributed by atoms with E-state index in [1.54, 1.807) is 0 Å². The maximum absolute atomic E-state index is 13.4. The number of phenols is 2. The molecule has 0 heterocycles. The number of rotatable bonds is 18. The molecule has 0 saturated carbocycles. The average Bonchev–Trinajstić information content (AvgIpc) is 2.96. The Morgan fingerprint density at radius 2 is 1.12 bits per heavy atom. The van der Waals surface area contributed by atoms with Gasteiger partial charge in [0.1, 0.15) is 29.6 Å². The van der Waals surface area contributed by atoms with Gasteiger partial charge < -0.3 is 47.8 Å². The van der Waals surface area contributed by atoms with E-state index in [-0.39, 0.29) is 43.6 Å². The van der Waals surface area contributed by atoms with E-state index >= 15 is 0 Å². The highest BCUT2D eigenvalue weighted by atomic mass is 16.4. The van der Waals surface area contributed by atoms with Gasteiger partial charge in [-0.15, -0.1) is 0 Å². The van der Waals surface area contributed by atoms with E-state index < -0.39 is 53.8 Å². The van der Waals surface area contributed by atoms with Crippen LogP contribution in [0.15, 0.2) is 48.5 Å². The molecule has 14 heteroatoms. The maximum Gasteiger partial charge on any atom is 0.326 e. The van der Waals surface area contributed by atoms with Crippen LogP contribution >= 0.6 is 0 Å². The predicted molar refractivity (Wildman–Crippen MR) is 155 cm³/mol. The Balaban J connectivity index is 2.26. The molecule has 4 unspecified atom stereocenters. The number of phenolic OH excluding ortho intramolecular Hbond substituents is 2. The molecule has 0 saturated heterocycles. The van der Waals surface area contributed by atoms with Gasteiger partial charge in [0.05, 0.1) is 6.04 Å². The van der Waals surface area contributed by atoms with Crippen molar-refractivity contribution >= 4 is 29.7 Å². The van der Waals surface area contributed by atoms with Crippen molar-refractivity contribution in [2.24, 2.45) is 11.5 Å². The van der Waals surface area contributed by atoms with Crippen molar-refractivity contribution in [3.63, 3.8) is 0 Å². The second-order valence-electron chi connectivity index (χ2n) is 10.1. The second-order valence-corrected chi connectivity index (χ2v) is 10.1. The molecule has 0 spiro atoms. The molecule has 43 heavy (non-hydrogen) atoms. The Hall–Kier alpha value is -4.69. The molecule has 0 aliphatic carbocycles. The molecule has 3 amide bonds. The van der Waals surface area contributed by atoms with Crippen LogP contribution in [0.4, 0.5) is 0 Å². The number of nitrogens with two attached hydrogens (primary N) is 2. The summed E-state index contributed by atoms with van der Waals surface area (Å²) in [5, 5.41) is 45.4. The van der Waals surface area contributed by atoms with E-state index in [9.17, 15) is 39.3 Å². The summed E-state index contributed by atoms with van der Waals surface area (Å²) >= 11 is 0. The highest BCUT2D eigenvalue weighted by Crippen LogP contribution is 2.14. The van der Waals surface area contributed by atoms with Gasteiger partial charge >= 0.3 is 11.9 Å². The number of carboxylic acid groups (broad SMARTS) is 2. The van der Waals surface area contributed by atoms with Gasteiger partial charge in [-0.25, -0.2) is 4.79 Å². The number of nitrogens with one attached hydrogen (secondary N) is 3. The largest absolute Gasteiger partial charge is 0.508 e. The van der Waals surface area contributed by atoms with E-state index in [0.29, 0.717) is 30.5 Å². The Bertz CT molecular complexity index is 1240. The number of hydrogen-bond donors (Lipinski definition) is 9. The van der Waals surface area contributed by atoms with Crippen LogP contribution in [0.5, 0.6) is 11.5 Å². The summed E-state index contributed by atoms with van der Waals surface area (Å²) in [4.78, 5) is 62.3. The lowest BCUT2D eigenvalue weighted by molar-refractivity contribution is -0.142. The molecule has 0 aromatic heterocycles. The van der Waals surface area contributed by atoms with E-state index in [0.717, 1.165) is 0 Å². The van der Waals surface area contributed by atoms with Crippen LogP contribution in [-0.2, 0) is 36.8 Å². The molecule has 14 nitrogen and oxygen atoms in total. The third-order valence-electron chi connectivity index (χ3n) is 6.59. The average molecular weight is 602 g/mol. The molecule has 4 atom stereocenters. The van der Waals surface area contributed by atoms with E-state index in [1.165, 1.54) is 48.5 Å². The second kappa shape index (κ2) is 17.3. The Kier molecular flexibility index (Phi) is 13.9. The maximum atomic E-state index is 13.4. The van der Waals surface area contributed by atoms with Gasteiger partial charge in [0.15, 0.2) is 0 Å². The Morgan fingerprint density at radius 3 is 1.60 bits per heavy atom. The van der Waals surface area contributed by atoms with Crippen molar-refractivity contribution in [2.75, 3.05) is 6.54 Å². The molecule has 11 N–H and O–H groups in total. The summed E-state index contributed by atoms with van der Waals surface area (Å²) in [5.74, 6) is -4.76. The number of carbonyl (C=O) groups excluding carboxylic acids is 3. The summed E-state index contributed by atoms with van der Waals surface area (Å²) in [6, 6.07) is 6.68. The molecule has 2 aromatic rings. The van der Waals surface area contributed by atoms with Crippen LogP contribution in [-0.4, -0.2) is 80.8 Å². The lowest BCUT2D eigenvalue weighted by atomic mass is 10.0. The van der Waals surface area contributed by atoms with E-state index in [1.807, 2.05) is 0 Å². The van der Waals surface area contributed by atoms with Crippen molar-refractivity contribution in [1.82, 2.24) is 16.0 Å². The number of amides is 3. The van der Waals surface area contributed by atoms with Crippen LogP contribution in [0, 0.1) is 0 Å². The van der Waals surface area contributed by atoms with Crippen LogP contribution < -0.4 is 27.4 Å². The van der Waals surface area contributed by atoms with E-state index in [4.69, 9.17) is 16.6 Å². The van der Waals surface area contributed by atoms with Crippen LogP contribution in [0.25, 0.3) is 0 Å². The normalized spacial score (nSPS) is 13.6. The molecule has 0 bridgehead atoms. The topological polar surface area (TPSA) is 254 Å². The Labute approximate surface area is 248 Å². The molecule has 2 rings (SSSR count). The lowest BCUT2D eigenvalue weighted by Gasteiger charge is -2.25. The fraction of sp³-hybridized carbons (Fsp3) is 0.414. The highest BCUT2D eigenvalue weighted by Gasteiger charge is 2.30. The minimum atomic E-state index is -1.37. The first kappa shape index (κ1) is 34.5. The SMILES string of the molecule is NCCCCC(NC(=O)C(N)CCC(=O)O)C(=O)NC(Cc1ccc(O)cc1)C(=O)NC(Cc1ccc(O)cc1)C(=O)O. The summed E-state index contributed by atoms with van der Waals surface area (Å²) < 4.78 is 0. The molecule has 0 radical (unpaired) electrons. The zero-order valence-corrected chi connectivity index (χ0v) is 23.6. The number of aliphatic carboxylic acids is 2. The molecule has 2 aromatic carbocycles. The summed E-state index contributed by atoms with van der Waals surface area (Å²) in [6.07, 6.45) is 0.455. The van der Waals surface area contributed by atoms with Crippen LogP contribution in [0.1, 0.15) is 43.2 Å². The minimum Gasteiger partial charge on any atom is -0.508 e. The third-order valence-corrected chi connectivity index (χ3v) is 6.59. The van der Waals surface area contributed by atoms with E-state index in [2.05, 4.69) is 16.0 Å². The standard InChI is InChI=1S/C29H39N5O9/c30-14-2-1-3-22(32-26(39)21(31)12-13-25(37)38)27(40)33-23(15-17-4-8-19(35)9-5-17)28(41)34-24(29(42)43)16-18-6-10-20(36)11-7-18/h4-11,21-24,35-36H,1-3,12-16,30-31H2,(H,32,39)(H,33,40)(H,34,41)(H,37,38)(H,42,43). The first-order valence-electron chi connectivity index (χ1n) is 13.8. The van der Waals surface area contributed by atoms with Gasteiger partial charge in [-0.3, -0.25) is 19.2 Å². The minimum absolute atomic E-state index is 0.00714. The van der Waals surface area contributed by atoms with Gasteiger partial charge in [-0.1, -0.05) is 24.3 Å². The molecule has 0 aliphatic rings. The van der Waals surface area contributed by atoms with Gasteiger partial charge in [-0.2, -0.15) is 0 Å². The number of hydrogen-bond acceptors (Lipinski definition) is 9. The lowest BCUT2D eigenvalue weighted by Crippen LogP contribution is -2.57. The molecular formula is C29H39N5O9. The van der Waals surface area contributed by atoms with Crippen molar-refractivity contribution in [3.05, 3.63) is 59.7 Å². The monoisotopic (exact) mass is 601 g/mol. The van der Waals surface area contributed by atoms with Gasteiger partial charge in [0.25, 0.3) is 0 Å². The summed E-state index contributed by atoms with van der Waals surface area (Å²) in [7, 11) is 0. The Morgan fingerprint density at radius 1 is 0.651 bits per heavy atom. The van der Waals surface area contributed by atoms with Gasteiger partial charge in [0.2, 0.25) is 17.7 Å². The first-order valence-corrected chi connectivity index (χ1v) is 13.8. The van der Waals surface area contributed by atoms with Gasteiger partial charge in [-0.05, 0) is 67.6 Å². The highest BCUT2D eigenvalue weighted by molar-refractivity contribution is 5.94. The number of unbranched alkanes of at least 4 members (excludes halogenated alkanes) is 1. The zero-order valence-electron chi connectivity index (χ0n) is 23.6. The molecule has 0 aliphatic heterocycles. The quantitative estimate of drug-likeness (QED) is 0.101. The third kappa shape index (κ3) is 12.4. The van der Waals surface area contributed by atoms with Crippen molar-refractivity contribution in [1.29, 1.82) is 0 Å². The molecular weight excluding hydrogens is 562 g/mol. The fourth-order valence-electron chi connectivity index (χ4n) is 4.14. The molecule has 234 valence electrons. The number of benzene rings is 2. The summed E-state index contributed by atoms with van der Waals surface area (Å²) in [5.41, 5.74) is 12.4. The first-order chi connectivity index (χ1) is 20.4. The van der Waals surface area contributed by atoms with Crippen LogP contribution in [0.3, 0.4) is 0 Å². The number of carbonyl (C=O) groups is 5. The molecule has 0 fully saturated rings. The zero-order chi connectivity index (χ0) is 31.9. The smallest absolute Gasteiger partial charge is 0.326 e. The van der Waals surface area contributed by atoms with Crippen LogP contribution in [0.2, 0.25) is 0 Å². The van der Waals surface area contributed by atoms with Crippen molar-refractivity contribution < 1.29 is 44.4 Å². The fourth-order valence-corrected chi connectivity index (χ4v) is 4.14. The van der Waals surface area contributed by atoms with Gasteiger partial charge in [0, 0.05) is 19.3 Å². The summed E-state index contributed by atoms with van der Waals surface area (Å²) in [6.45, 7) is 0.337. The van der Waals surface area contributed by atoms with Crippen molar-refractivity contribution in [3.8, 4) is 11.5 Å². The number of aromatic hydroxyl groups is 2.